The van der Waals surface area contributed by atoms with Gasteiger partial charge in [0.05, 0.1) is 17.8 Å². The fraction of sp³-hybridized carbons (Fsp3) is 0.600. The topological polar surface area (TPSA) is 47.0 Å². The van der Waals surface area contributed by atoms with Crippen LogP contribution in [-0.4, -0.2) is 23.1 Å². The molecule has 1 aliphatic carbocycles. The number of rotatable bonds is 3. The van der Waals surface area contributed by atoms with Crippen molar-refractivity contribution in [1.82, 2.24) is 9.97 Å². The molecular weight excluding hydrogens is 258 g/mol. The van der Waals surface area contributed by atoms with Crippen molar-refractivity contribution in [2.45, 2.75) is 31.7 Å². The van der Waals surface area contributed by atoms with E-state index in [4.69, 9.17) is 4.74 Å². The Labute approximate surface area is 97.6 Å². The first kappa shape index (κ1) is 10.7. The summed E-state index contributed by atoms with van der Waals surface area (Å²) in [6.45, 7) is 0. The number of hydrogen-bond acceptors (Lipinski definition) is 4. The summed E-state index contributed by atoms with van der Waals surface area (Å²) in [5, 5.41) is 3.32. The molecule has 0 aromatic carbocycles. The average molecular weight is 272 g/mol. The maximum absolute atomic E-state index is 5.11. The molecule has 1 fully saturated rings. The van der Waals surface area contributed by atoms with E-state index in [1.807, 2.05) is 0 Å². The molecule has 1 aromatic heterocycles. The zero-order valence-electron chi connectivity index (χ0n) is 8.66. The van der Waals surface area contributed by atoms with Gasteiger partial charge in [0.1, 0.15) is 0 Å². The van der Waals surface area contributed by atoms with Gasteiger partial charge in [-0.05, 0) is 28.8 Å². The van der Waals surface area contributed by atoms with Crippen molar-refractivity contribution in [3.05, 3.63) is 10.7 Å². The molecular formula is C10H14BrN3O. The minimum absolute atomic E-state index is 0.524. The predicted octanol–water partition coefficient (Wildman–Crippen LogP) is 2.60. The van der Waals surface area contributed by atoms with E-state index in [9.17, 15) is 0 Å². The first-order valence-electron chi connectivity index (χ1n) is 5.12. The van der Waals surface area contributed by atoms with Crippen LogP contribution in [-0.2, 0) is 0 Å². The van der Waals surface area contributed by atoms with Crippen LogP contribution in [0.1, 0.15) is 25.7 Å². The van der Waals surface area contributed by atoms with Crippen molar-refractivity contribution in [3.63, 3.8) is 0 Å². The highest BCUT2D eigenvalue weighted by atomic mass is 79.9. The number of aromatic nitrogens is 2. The Kier molecular flexibility index (Phi) is 3.41. The highest BCUT2D eigenvalue weighted by Crippen LogP contribution is 2.24. The van der Waals surface area contributed by atoms with E-state index >= 15 is 0 Å². The fourth-order valence-electron chi connectivity index (χ4n) is 1.82. The summed E-state index contributed by atoms with van der Waals surface area (Å²) in [5.74, 6) is 1.23. The first-order valence-corrected chi connectivity index (χ1v) is 5.92. The molecule has 1 N–H and O–H groups in total. The number of hydrogen-bond donors (Lipinski definition) is 1. The largest absolute Gasteiger partial charge is 0.480 e. The van der Waals surface area contributed by atoms with Gasteiger partial charge in [0.15, 0.2) is 0 Å². The average Bonchev–Trinajstić information content (AvgIpc) is 2.73. The molecule has 1 aliphatic rings. The molecule has 0 atom stereocenters. The first-order chi connectivity index (χ1) is 7.29. The monoisotopic (exact) mass is 271 g/mol. The zero-order chi connectivity index (χ0) is 10.7. The Hall–Kier alpha value is -0.840. The molecule has 4 nitrogen and oxygen atoms in total. The smallest absolute Gasteiger partial charge is 0.232 e. The van der Waals surface area contributed by atoms with E-state index in [1.165, 1.54) is 25.7 Å². The van der Waals surface area contributed by atoms with Crippen molar-refractivity contribution in [2.75, 3.05) is 12.4 Å². The van der Waals surface area contributed by atoms with Crippen LogP contribution in [0.15, 0.2) is 10.7 Å². The summed E-state index contributed by atoms with van der Waals surface area (Å²) in [7, 11) is 1.60. The lowest BCUT2D eigenvalue weighted by Crippen LogP contribution is -2.16. The zero-order valence-corrected chi connectivity index (χ0v) is 10.2. The molecule has 15 heavy (non-hydrogen) atoms. The molecule has 0 bridgehead atoms. The second-order valence-corrected chi connectivity index (χ2v) is 4.53. The molecule has 5 heteroatoms. The lowest BCUT2D eigenvalue weighted by Gasteiger charge is -2.12. The summed E-state index contributed by atoms with van der Waals surface area (Å²) >= 11 is 3.33. The van der Waals surface area contributed by atoms with Gasteiger partial charge in [-0.1, -0.05) is 12.8 Å². The Balaban J connectivity index is 2.07. The molecule has 82 valence electrons. The summed E-state index contributed by atoms with van der Waals surface area (Å²) < 4.78 is 5.89. The highest BCUT2D eigenvalue weighted by Gasteiger charge is 2.16. The van der Waals surface area contributed by atoms with Crippen LogP contribution in [0.5, 0.6) is 5.88 Å². The highest BCUT2D eigenvalue weighted by molar-refractivity contribution is 9.10. The molecule has 1 heterocycles. The van der Waals surface area contributed by atoms with E-state index in [2.05, 4.69) is 31.2 Å². The number of methoxy groups -OCH3 is 1. The SMILES string of the molecule is COc1nc(NC2CCCC2)ncc1Br. The normalized spacial score (nSPS) is 16.7. The van der Waals surface area contributed by atoms with Crippen LogP contribution >= 0.6 is 15.9 Å². The Bertz CT molecular complexity index is 339. The van der Waals surface area contributed by atoms with E-state index in [0.717, 1.165) is 4.47 Å². The standard InChI is InChI=1S/C10H14BrN3O/c1-15-9-8(11)6-12-10(14-9)13-7-4-2-3-5-7/h6-7H,2-5H2,1H3,(H,12,13,14). The van der Waals surface area contributed by atoms with E-state index in [-0.39, 0.29) is 0 Å². The molecule has 1 saturated carbocycles. The van der Waals surface area contributed by atoms with Crippen molar-refractivity contribution < 1.29 is 4.74 Å². The van der Waals surface area contributed by atoms with Crippen LogP contribution in [0.25, 0.3) is 0 Å². The Morgan fingerprint density at radius 3 is 2.87 bits per heavy atom. The van der Waals surface area contributed by atoms with Crippen LogP contribution in [0.4, 0.5) is 5.95 Å². The number of halogens is 1. The van der Waals surface area contributed by atoms with Crippen molar-refractivity contribution in [2.24, 2.45) is 0 Å². The second kappa shape index (κ2) is 4.79. The van der Waals surface area contributed by atoms with Gasteiger partial charge >= 0.3 is 0 Å². The maximum Gasteiger partial charge on any atom is 0.232 e. The number of nitrogens with zero attached hydrogens (tertiary/aromatic N) is 2. The third-order valence-corrected chi connectivity index (χ3v) is 3.14. The minimum Gasteiger partial charge on any atom is -0.480 e. The Morgan fingerprint density at radius 1 is 1.47 bits per heavy atom. The van der Waals surface area contributed by atoms with Crippen LogP contribution in [0.2, 0.25) is 0 Å². The molecule has 1 aromatic rings. The van der Waals surface area contributed by atoms with Crippen LogP contribution in [0, 0.1) is 0 Å². The summed E-state index contributed by atoms with van der Waals surface area (Å²) in [5.41, 5.74) is 0. The van der Waals surface area contributed by atoms with Crippen LogP contribution in [0.3, 0.4) is 0 Å². The maximum atomic E-state index is 5.11. The van der Waals surface area contributed by atoms with Gasteiger partial charge in [-0.25, -0.2) is 4.98 Å². The second-order valence-electron chi connectivity index (χ2n) is 3.68. The number of nitrogens with one attached hydrogen (secondary N) is 1. The third-order valence-electron chi connectivity index (χ3n) is 2.59. The van der Waals surface area contributed by atoms with Crippen molar-refractivity contribution in [3.8, 4) is 5.88 Å². The molecule has 0 radical (unpaired) electrons. The molecule has 0 saturated heterocycles. The summed E-state index contributed by atoms with van der Waals surface area (Å²) in [6, 6.07) is 0.524. The molecule has 0 aliphatic heterocycles. The van der Waals surface area contributed by atoms with Crippen molar-refractivity contribution in [1.29, 1.82) is 0 Å². The van der Waals surface area contributed by atoms with E-state index < -0.39 is 0 Å². The lowest BCUT2D eigenvalue weighted by molar-refractivity contribution is 0.394. The van der Waals surface area contributed by atoms with Gasteiger partial charge in [0.25, 0.3) is 0 Å². The van der Waals surface area contributed by atoms with Gasteiger partial charge < -0.3 is 10.1 Å². The van der Waals surface area contributed by atoms with Gasteiger partial charge in [-0.15, -0.1) is 0 Å². The molecule has 0 unspecified atom stereocenters. The van der Waals surface area contributed by atoms with Crippen molar-refractivity contribution >= 4 is 21.9 Å². The van der Waals surface area contributed by atoms with E-state index in [1.54, 1.807) is 13.3 Å². The van der Waals surface area contributed by atoms with E-state index in [0.29, 0.717) is 17.9 Å². The van der Waals surface area contributed by atoms with Crippen LogP contribution < -0.4 is 10.1 Å². The summed E-state index contributed by atoms with van der Waals surface area (Å²) in [6.07, 6.45) is 6.73. The Morgan fingerprint density at radius 2 is 2.20 bits per heavy atom. The number of ether oxygens (including phenoxy) is 1. The quantitative estimate of drug-likeness (QED) is 0.918. The fourth-order valence-corrected chi connectivity index (χ4v) is 2.17. The number of anilines is 1. The van der Waals surface area contributed by atoms with Gasteiger partial charge in [-0.2, -0.15) is 4.98 Å². The lowest BCUT2D eigenvalue weighted by atomic mass is 10.2. The van der Waals surface area contributed by atoms with Gasteiger partial charge in [-0.3, -0.25) is 0 Å². The van der Waals surface area contributed by atoms with Gasteiger partial charge in [0, 0.05) is 6.04 Å². The molecule has 2 rings (SSSR count). The molecule has 0 amide bonds. The minimum atomic E-state index is 0.524. The van der Waals surface area contributed by atoms with Gasteiger partial charge in [0.2, 0.25) is 11.8 Å². The third kappa shape index (κ3) is 2.59. The molecule has 0 spiro atoms. The predicted molar refractivity (Wildman–Crippen MR) is 62.2 cm³/mol. The summed E-state index contributed by atoms with van der Waals surface area (Å²) in [4.78, 5) is 8.46.